The fraction of sp³-hybridized carbons (Fsp3) is 0. The molecule has 0 spiro atoms. The topological polar surface area (TPSA) is 0 Å². The minimum absolute atomic E-state index is 1.18. The highest BCUT2D eigenvalue weighted by molar-refractivity contribution is 9.11. The summed E-state index contributed by atoms with van der Waals surface area (Å²) in [5.41, 5.74) is 1.29. The zero-order valence-electron chi connectivity index (χ0n) is 5.88. The summed E-state index contributed by atoms with van der Waals surface area (Å²) in [5, 5.41) is 2.16. The van der Waals surface area contributed by atoms with Crippen LogP contribution >= 0.6 is 54.5 Å². The third kappa shape index (κ3) is 1.82. The average Bonchev–Trinajstić information content (AvgIpc) is 2.58. The SMILES string of the molecule is Brc1cc(-c2ccc(Br)s2)cs1. The minimum Gasteiger partial charge on any atom is -0.136 e. The van der Waals surface area contributed by atoms with Gasteiger partial charge in [0.2, 0.25) is 0 Å². The zero-order valence-corrected chi connectivity index (χ0v) is 10.7. The predicted octanol–water partition coefficient (Wildman–Crippen LogP) is 5.00. The van der Waals surface area contributed by atoms with Gasteiger partial charge in [0.15, 0.2) is 0 Å². The van der Waals surface area contributed by atoms with Crippen LogP contribution in [0.5, 0.6) is 0 Å². The maximum atomic E-state index is 3.45. The van der Waals surface area contributed by atoms with Gasteiger partial charge >= 0.3 is 0 Å². The molecule has 0 atom stereocenters. The summed E-state index contributed by atoms with van der Waals surface area (Å²) >= 11 is 10.4. The smallest absolute Gasteiger partial charge is 0.0705 e. The molecule has 0 aliphatic heterocycles. The molecule has 0 radical (unpaired) electrons. The van der Waals surface area contributed by atoms with Gasteiger partial charge < -0.3 is 0 Å². The highest BCUT2D eigenvalue weighted by Crippen LogP contribution is 2.35. The van der Waals surface area contributed by atoms with E-state index in [0.29, 0.717) is 0 Å². The van der Waals surface area contributed by atoms with Gasteiger partial charge in [0.05, 0.1) is 7.57 Å². The summed E-state index contributed by atoms with van der Waals surface area (Å²) in [6.45, 7) is 0. The molecule has 12 heavy (non-hydrogen) atoms. The summed E-state index contributed by atoms with van der Waals surface area (Å²) in [6, 6.07) is 6.34. The molecule has 0 bridgehead atoms. The Morgan fingerprint density at radius 1 is 1.08 bits per heavy atom. The van der Waals surface area contributed by atoms with E-state index in [9.17, 15) is 0 Å². The van der Waals surface area contributed by atoms with E-state index in [-0.39, 0.29) is 0 Å². The van der Waals surface area contributed by atoms with Crippen LogP contribution in [0.1, 0.15) is 0 Å². The molecule has 4 heteroatoms. The van der Waals surface area contributed by atoms with Crippen LogP contribution in [0.2, 0.25) is 0 Å². The van der Waals surface area contributed by atoms with Crippen LogP contribution in [0.3, 0.4) is 0 Å². The summed E-state index contributed by atoms with van der Waals surface area (Å²) in [4.78, 5) is 1.31. The summed E-state index contributed by atoms with van der Waals surface area (Å²) < 4.78 is 2.36. The van der Waals surface area contributed by atoms with E-state index < -0.39 is 0 Å². The van der Waals surface area contributed by atoms with Crippen molar-refractivity contribution in [3.05, 3.63) is 31.2 Å². The van der Waals surface area contributed by atoms with Gasteiger partial charge in [-0.05, 0) is 50.1 Å². The third-order valence-electron chi connectivity index (χ3n) is 1.43. The molecule has 2 aromatic heterocycles. The Bertz CT molecular complexity index is 351. The van der Waals surface area contributed by atoms with Gasteiger partial charge in [0.25, 0.3) is 0 Å². The molecule has 0 amide bonds. The Balaban J connectivity index is 2.43. The first-order valence-corrected chi connectivity index (χ1v) is 6.53. The van der Waals surface area contributed by atoms with Gasteiger partial charge in [-0.2, -0.15) is 0 Å². The first-order chi connectivity index (χ1) is 5.75. The van der Waals surface area contributed by atoms with Crippen LogP contribution in [0.4, 0.5) is 0 Å². The van der Waals surface area contributed by atoms with E-state index in [1.54, 1.807) is 22.7 Å². The first kappa shape index (κ1) is 8.94. The summed E-state index contributed by atoms with van der Waals surface area (Å²) in [5.74, 6) is 0. The molecule has 0 aliphatic carbocycles. The van der Waals surface area contributed by atoms with Crippen molar-refractivity contribution in [3.8, 4) is 10.4 Å². The van der Waals surface area contributed by atoms with E-state index in [1.165, 1.54) is 18.0 Å². The lowest BCUT2D eigenvalue weighted by Crippen LogP contribution is -1.59. The van der Waals surface area contributed by atoms with E-state index in [0.717, 1.165) is 0 Å². The van der Waals surface area contributed by atoms with Crippen LogP contribution in [0, 0.1) is 0 Å². The van der Waals surface area contributed by atoms with Crippen molar-refractivity contribution < 1.29 is 0 Å². The third-order valence-corrected chi connectivity index (χ3v) is 4.60. The van der Waals surface area contributed by atoms with Gasteiger partial charge in [-0.25, -0.2) is 0 Å². The monoisotopic (exact) mass is 322 g/mol. The lowest BCUT2D eigenvalue weighted by atomic mass is 10.3. The number of hydrogen-bond acceptors (Lipinski definition) is 2. The Morgan fingerprint density at radius 3 is 2.42 bits per heavy atom. The van der Waals surface area contributed by atoms with Crippen LogP contribution in [0.15, 0.2) is 31.2 Å². The Labute approximate surface area is 95.5 Å². The first-order valence-electron chi connectivity index (χ1n) is 3.25. The molecule has 0 saturated heterocycles. The fourth-order valence-electron chi connectivity index (χ4n) is 0.909. The molecule has 2 heterocycles. The van der Waals surface area contributed by atoms with Crippen molar-refractivity contribution in [1.82, 2.24) is 0 Å². The van der Waals surface area contributed by atoms with Gasteiger partial charge in [0, 0.05) is 15.8 Å². The van der Waals surface area contributed by atoms with Crippen molar-refractivity contribution in [2.75, 3.05) is 0 Å². The molecule has 2 rings (SSSR count). The molecule has 0 saturated carbocycles. The fourth-order valence-corrected chi connectivity index (χ4v) is 3.51. The second kappa shape index (κ2) is 3.62. The van der Waals surface area contributed by atoms with E-state index in [4.69, 9.17) is 0 Å². The molecule has 2 aromatic rings. The van der Waals surface area contributed by atoms with Crippen molar-refractivity contribution in [1.29, 1.82) is 0 Å². The van der Waals surface area contributed by atoms with E-state index in [1.807, 2.05) is 0 Å². The highest BCUT2D eigenvalue weighted by Gasteiger charge is 2.02. The van der Waals surface area contributed by atoms with Crippen molar-refractivity contribution in [2.24, 2.45) is 0 Å². The quantitative estimate of drug-likeness (QED) is 0.692. The number of hydrogen-bond donors (Lipinski definition) is 0. The van der Waals surface area contributed by atoms with Gasteiger partial charge in [-0.3, -0.25) is 0 Å². The standard InChI is InChI=1S/C8H4Br2S2/c9-7-2-1-6(12-7)5-3-8(10)11-4-5/h1-4H. The number of thiophene rings is 2. The predicted molar refractivity (Wildman–Crippen MR) is 63.0 cm³/mol. The molecule has 0 aliphatic rings. The second-order valence-electron chi connectivity index (χ2n) is 2.24. The van der Waals surface area contributed by atoms with Crippen LogP contribution in [-0.4, -0.2) is 0 Å². The summed E-state index contributed by atoms with van der Waals surface area (Å²) in [7, 11) is 0. The van der Waals surface area contributed by atoms with E-state index in [2.05, 4.69) is 55.4 Å². The van der Waals surface area contributed by atoms with Gasteiger partial charge in [0.1, 0.15) is 0 Å². The summed E-state index contributed by atoms with van der Waals surface area (Å²) in [6.07, 6.45) is 0. The molecule has 0 nitrogen and oxygen atoms in total. The Morgan fingerprint density at radius 2 is 1.92 bits per heavy atom. The number of rotatable bonds is 1. The maximum Gasteiger partial charge on any atom is 0.0705 e. The van der Waals surface area contributed by atoms with Crippen molar-refractivity contribution in [2.45, 2.75) is 0 Å². The Hall–Kier alpha value is 0.360. The van der Waals surface area contributed by atoms with Gasteiger partial charge in [-0.15, -0.1) is 22.7 Å². The van der Waals surface area contributed by atoms with Crippen LogP contribution in [0.25, 0.3) is 10.4 Å². The van der Waals surface area contributed by atoms with Gasteiger partial charge in [-0.1, -0.05) is 0 Å². The molecule has 0 unspecified atom stereocenters. The zero-order chi connectivity index (χ0) is 8.55. The average molecular weight is 324 g/mol. The normalized spacial score (nSPS) is 10.5. The second-order valence-corrected chi connectivity index (χ2v) is 7.00. The molecule has 62 valence electrons. The highest BCUT2D eigenvalue weighted by atomic mass is 79.9. The number of halogens is 2. The van der Waals surface area contributed by atoms with Crippen LogP contribution in [-0.2, 0) is 0 Å². The van der Waals surface area contributed by atoms with Crippen LogP contribution < -0.4 is 0 Å². The molecule has 0 aromatic carbocycles. The maximum absolute atomic E-state index is 3.45. The molecular formula is C8H4Br2S2. The Kier molecular flexibility index (Phi) is 2.69. The molecule has 0 fully saturated rings. The van der Waals surface area contributed by atoms with Crippen molar-refractivity contribution in [3.63, 3.8) is 0 Å². The molecular weight excluding hydrogens is 320 g/mol. The van der Waals surface area contributed by atoms with E-state index >= 15 is 0 Å². The lowest BCUT2D eigenvalue weighted by Gasteiger charge is -1.86. The molecule has 0 N–H and O–H groups in total. The van der Waals surface area contributed by atoms with Crippen molar-refractivity contribution >= 4 is 54.5 Å². The lowest BCUT2D eigenvalue weighted by molar-refractivity contribution is 1.86. The minimum atomic E-state index is 1.18. The largest absolute Gasteiger partial charge is 0.136 e.